The van der Waals surface area contributed by atoms with Gasteiger partial charge in [0.1, 0.15) is 11.6 Å². The summed E-state index contributed by atoms with van der Waals surface area (Å²) in [5.41, 5.74) is 7.03. The Morgan fingerprint density at radius 2 is 2.21 bits per heavy atom. The smallest absolute Gasteiger partial charge is 0.165 e. The molecule has 102 valence electrons. The maximum absolute atomic E-state index is 13.6. The number of nitrogens with two attached hydrogens (primary N) is 1. The lowest BCUT2D eigenvalue weighted by atomic mass is 10.1. The Morgan fingerprint density at radius 3 is 2.79 bits per heavy atom. The van der Waals surface area contributed by atoms with Crippen molar-refractivity contribution in [3.05, 3.63) is 41.5 Å². The van der Waals surface area contributed by atoms with Gasteiger partial charge in [0.2, 0.25) is 0 Å². The van der Waals surface area contributed by atoms with Crippen LogP contribution in [-0.2, 0) is 6.54 Å². The van der Waals surface area contributed by atoms with E-state index in [0.717, 1.165) is 6.54 Å². The van der Waals surface area contributed by atoms with Gasteiger partial charge in [0.05, 0.1) is 12.4 Å². The molecule has 19 heavy (non-hydrogen) atoms. The largest absolute Gasteiger partial charge is 0.454 e. The van der Waals surface area contributed by atoms with E-state index in [-0.39, 0.29) is 11.9 Å². The third-order valence-corrected chi connectivity index (χ3v) is 2.94. The summed E-state index contributed by atoms with van der Waals surface area (Å²) in [6.45, 7) is 6.26. The molecule has 0 radical (unpaired) electrons. The highest BCUT2D eigenvalue weighted by Crippen LogP contribution is 2.31. The van der Waals surface area contributed by atoms with Gasteiger partial charge in [-0.25, -0.2) is 4.39 Å². The van der Waals surface area contributed by atoms with Gasteiger partial charge in [-0.05, 0) is 38.5 Å². The van der Waals surface area contributed by atoms with Crippen LogP contribution in [0.3, 0.4) is 0 Å². The fraction of sp³-hybridized carbons (Fsp3) is 0.357. The number of benzene rings is 1. The number of halogens is 1. The van der Waals surface area contributed by atoms with Gasteiger partial charge >= 0.3 is 0 Å². The van der Waals surface area contributed by atoms with Gasteiger partial charge < -0.3 is 10.5 Å². The lowest BCUT2D eigenvalue weighted by molar-refractivity contribution is 0.467. The Labute approximate surface area is 112 Å². The van der Waals surface area contributed by atoms with Crippen LogP contribution in [0.1, 0.15) is 31.0 Å². The molecule has 0 saturated carbocycles. The molecule has 1 unspecified atom stereocenters. The maximum Gasteiger partial charge on any atom is 0.165 e. The van der Waals surface area contributed by atoms with Crippen molar-refractivity contribution in [1.29, 1.82) is 0 Å². The van der Waals surface area contributed by atoms with Gasteiger partial charge in [-0.15, -0.1) is 0 Å². The first-order valence-electron chi connectivity index (χ1n) is 6.27. The molecule has 5 heteroatoms. The summed E-state index contributed by atoms with van der Waals surface area (Å²) >= 11 is 0. The third-order valence-electron chi connectivity index (χ3n) is 2.94. The molecule has 0 saturated heterocycles. The molecule has 1 aromatic carbocycles. The molecule has 2 rings (SSSR count). The van der Waals surface area contributed by atoms with Crippen LogP contribution in [0.5, 0.6) is 11.5 Å². The first kappa shape index (κ1) is 13.5. The quantitative estimate of drug-likeness (QED) is 0.921. The number of hydrogen-bond donors (Lipinski definition) is 1. The van der Waals surface area contributed by atoms with Crippen LogP contribution in [0.25, 0.3) is 0 Å². The van der Waals surface area contributed by atoms with Crippen molar-refractivity contribution < 1.29 is 9.13 Å². The predicted octanol–water partition coefficient (Wildman–Crippen LogP) is 3.16. The van der Waals surface area contributed by atoms with E-state index in [0.29, 0.717) is 22.6 Å². The Kier molecular flexibility index (Phi) is 3.85. The zero-order valence-electron chi connectivity index (χ0n) is 11.4. The third kappa shape index (κ3) is 2.93. The van der Waals surface area contributed by atoms with Crippen molar-refractivity contribution in [2.45, 2.75) is 33.4 Å². The topological polar surface area (TPSA) is 53.1 Å². The fourth-order valence-corrected chi connectivity index (χ4v) is 1.81. The maximum atomic E-state index is 13.6. The van der Waals surface area contributed by atoms with Crippen LogP contribution in [0.2, 0.25) is 0 Å². The minimum atomic E-state index is -0.300. The van der Waals surface area contributed by atoms with Gasteiger partial charge in [0, 0.05) is 18.2 Å². The highest BCUT2D eigenvalue weighted by molar-refractivity contribution is 5.42. The van der Waals surface area contributed by atoms with E-state index < -0.39 is 0 Å². The first-order chi connectivity index (χ1) is 9.01. The lowest BCUT2D eigenvalue weighted by Gasteiger charge is -2.14. The average molecular weight is 263 g/mol. The number of aryl methyl sites for hydroxylation is 2. The lowest BCUT2D eigenvalue weighted by Crippen LogP contribution is -2.07. The van der Waals surface area contributed by atoms with E-state index in [1.165, 1.54) is 6.07 Å². The normalized spacial score (nSPS) is 12.5. The van der Waals surface area contributed by atoms with Crippen LogP contribution in [0.15, 0.2) is 24.5 Å². The molecule has 4 nitrogen and oxygen atoms in total. The second kappa shape index (κ2) is 5.40. The van der Waals surface area contributed by atoms with Crippen LogP contribution in [0, 0.1) is 12.7 Å². The van der Waals surface area contributed by atoms with Crippen molar-refractivity contribution in [2.75, 3.05) is 0 Å². The molecule has 0 aliphatic rings. The zero-order valence-corrected chi connectivity index (χ0v) is 11.4. The Bertz CT molecular complexity index is 578. The summed E-state index contributed by atoms with van der Waals surface area (Å²) in [4.78, 5) is 0. The molecule has 0 bridgehead atoms. The fourth-order valence-electron chi connectivity index (χ4n) is 1.81. The molecule has 0 fully saturated rings. The number of ether oxygens (including phenoxy) is 1. The van der Waals surface area contributed by atoms with Crippen LogP contribution in [-0.4, -0.2) is 9.78 Å². The van der Waals surface area contributed by atoms with Gasteiger partial charge in [-0.2, -0.15) is 5.10 Å². The van der Waals surface area contributed by atoms with Gasteiger partial charge in [-0.1, -0.05) is 0 Å². The van der Waals surface area contributed by atoms with E-state index in [1.54, 1.807) is 37.0 Å². The van der Waals surface area contributed by atoms with E-state index >= 15 is 0 Å². The molecule has 2 N–H and O–H groups in total. The highest BCUT2D eigenvalue weighted by atomic mass is 19.1. The van der Waals surface area contributed by atoms with Gasteiger partial charge in [0.25, 0.3) is 0 Å². The standard InChI is InChI=1S/C14H18FN3O/c1-4-18-8-11(7-17-18)19-14-5-9(2)13(15)6-12(14)10(3)16/h5-8,10H,4,16H2,1-3H3. The van der Waals surface area contributed by atoms with Crippen molar-refractivity contribution in [1.82, 2.24) is 9.78 Å². The Balaban J connectivity index is 2.35. The van der Waals surface area contributed by atoms with Gasteiger partial charge in [0.15, 0.2) is 5.75 Å². The number of rotatable bonds is 4. The second-order valence-corrected chi connectivity index (χ2v) is 4.56. The average Bonchev–Trinajstić information content (AvgIpc) is 2.81. The van der Waals surface area contributed by atoms with E-state index in [1.807, 2.05) is 6.92 Å². The molecular weight excluding hydrogens is 245 g/mol. The molecule has 0 spiro atoms. The summed E-state index contributed by atoms with van der Waals surface area (Å²) in [6, 6.07) is 2.79. The van der Waals surface area contributed by atoms with Crippen molar-refractivity contribution in [3.8, 4) is 11.5 Å². The summed E-state index contributed by atoms with van der Waals surface area (Å²) in [6.07, 6.45) is 3.43. The van der Waals surface area contributed by atoms with Crippen LogP contribution >= 0.6 is 0 Å². The number of aromatic nitrogens is 2. The summed E-state index contributed by atoms with van der Waals surface area (Å²) in [7, 11) is 0. The highest BCUT2D eigenvalue weighted by Gasteiger charge is 2.13. The van der Waals surface area contributed by atoms with Crippen molar-refractivity contribution in [3.63, 3.8) is 0 Å². The van der Waals surface area contributed by atoms with E-state index in [4.69, 9.17) is 10.5 Å². The van der Waals surface area contributed by atoms with Crippen molar-refractivity contribution >= 4 is 0 Å². The molecule has 1 aromatic heterocycles. The predicted molar refractivity (Wildman–Crippen MR) is 71.7 cm³/mol. The summed E-state index contributed by atoms with van der Waals surface area (Å²) in [5.74, 6) is 0.920. The van der Waals surface area contributed by atoms with Gasteiger partial charge in [-0.3, -0.25) is 4.68 Å². The summed E-state index contributed by atoms with van der Waals surface area (Å²) < 4.78 is 21.1. The second-order valence-electron chi connectivity index (χ2n) is 4.56. The SMILES string of the molecule is CCn1cc(Oc2cc(C)c(F)cc2C(C)N)cn1. The molecule has 0 aliphatic heterocycles. The molecule has 1 heterocycles. The minimum Gasteiger partial charge on any atom is -0.454 e. The molecule has 0 aliphatic carbocycles. The number of hydrogen-bond acceptors (Lipinski definition) is 3. The first-order valence-corrected chi connectivity index (χ1v) is 6.27. The van der Waals surface area contributed by atoms with E-state index in [9.17, 15) is 4.39 Å². The molecular formula is C14H18FN3O. The van der Waals surface area contributed by atoms with E-state index in [2.05, 4.69) is 5.10 Å². The monoisotopic (exact) mass is 263 g/mol. The Morgan fingerprint density at radius 1 is 1.47 bits per heavy atom. The summed E-state index contributed by atoms with van der Waals surface area (Å²) in [5, 5.41) is 4.13. The zero-order chi connectivity index (χ0) is 14.0. The number of nitrogens with zero attached hydrogens (tertiary/aromatic N) is 2. The minimum absolute atomic E-state index is 0.274. The van der Waals surface area contributed by atoms with Crippen LogP contribution < -0.4 is 10.5 Å². The molecule has 0 amide bonds. The Hall–Kier alpha value is -1.88. The molecule has 1 atom stereocenters. The molecule has 2 aromatic rings. The van der Waals surface area contributed by atoms with Crippen molar-refractivity contribution in [2.24, 2.45) is 5.73 Å². The van der Waals surface area contributed by atoms with Crippen LogP contribution in [0.4, 0.5) is 4.39 Å².